The average Bonchev–Trinajstić information content (AvgIpc) is 3.09. The van der Waals surface area contributed by atoms with Crippen LogP contribution in [0.5, 0.6) is 0 Å². The third-order valence-electron chi connectivity index (χ3n) is 5.68. The smallest absolute Gasteiger partial charge is 0.245 e. The van der Waals surface area contributed by atoms with Crippen molar-refractivity contribution in [3.8, 4) is 0 Å². The maximum Gasteiger partial charge on any atom is 0.245 e. The number of rotatable bonds is 4. The maximum absolute atomic E-state index is 13.2. The minimum Gasteiger partial charge on any atom is -0.368 e. The van der Waals surface area contributed by atoms with Crippen LogP contribution in [0, 0.1) is 0 Å². The van der Waals surface area contributed by atoms with Gasteiger partial charge in [0.05, 0.1) is 0 Å². The summed E-state index contributed by atoms with van der Waals surface area (Å²) in [5, 5.41) is 1.33. The van der Waals surface area contributed by atoms with Gasteiger partial charge in [0.15, 0.2) is 0 Å². The molecule has 7 heteroatoms. The number of piperazine rings is 1. The van der Waals surface area contributed by atoms with Crippen LogP contribution < -0.4 is 4.90 Å². The van der Waals surface area contributed by atoms with Gasteiger partial charge in [0.25, 0.3) is 0 Å². The van der Waals surface area contributed by atoms with Crippen LogP contribution in [0.15, 0.2) is 48.5 Å². The second-order valence-electron chi connectivity index (χ2n) is 7.46. The Morgan fingerprint density at radius 3 is 2.48 bits per heavy atom. The van der Waals surface area contributed by atoms with Gasteiger partial charge in [0.1, 0.15) is 6.04 Å². The number of carbonyl (C=O) groups is 2. The van der Waals surface area contributed by atoms with Crippen molar-refractivity contribution in [1.29, 1.82) is 0 Å². The molecule has 0 N–H and O–H groups in total. The van der Waals surface area contributed by atoms with E-state index < -0.39 is 6.04 Å². The van der Waals surface area contributed by atoms with E-state index in [0.29, 0.717) is 42.5 Å². The van der Waals surface area contributed by atoms with E-state index in [1.54, 1.807) is 4.90 Å². The molecule has 0 bridgehead atoms. The van der Waals surface area contributed by atoms with Gasteiger partial charge in [0, 0.05) is 54.9 Å². The van der Waals surface area contributed by atoms with E-state index in [-0.39, 0.29) is 11.8 Å². The van der Waals surface area contributed by atoms with Crippen molar-refractivity contribution >= 4 is 40.7 Å². The van der Waals surface area contributed by atoms with Gasteiger partial charge < -0.3 is 14.7 Å². The van der Waals surface area contributed by atoms with Gasteiger partial charge in [0.2, 0.25) is 11.8 Å². The molecule has 0 radical (unpaired) electrons. The minimum absolute atomic E-state index is 0.0147. The van der Waals surface area contributed by atoms with Crippen LogP contribution in [-0.2, 0) is 16.1 Å². The molecule has 5 nitrogen and oxygen atoms in total. The summed E-state index contributed by atoms with van der Waals surface area (Å²) in [5.41, 5.74) is 1.94. The van der Waals surface area contributed by atoms with Crippen molar-refractivity contribution in [2.45, 2.75) is 25.4 Å². The van der Waals surface area contributed by atoms with Gasteiger partial charge in [-0.25, -0.2) is 0 Å². The first-order chi connectivity index (χ1) is 14.0. The van der Waals surface area contributed by atoms with Crippen LogP contribution >= 0.6 is 23.2 Å². The first-order valence-corrected chi connectivity index (χ1v) is 10.6. The Hall–Kier alpha value is -2.24. The highest BCUT2D eigenvalue weighted by Gasteiger charge is 2.39. The number of anilines is 1. The SMILES string of the molecule is O=C([C@H]1CCC(=O)N1Cc1ccccc1Cl)N1CCN(c2cccc(Cl)c2)CC1. The molecule has 0 aliphatic carbocycles. The van der Waals surface area contributed by atoms with Gasteiger partial charge >= 0.3 is 0 Å². The lowest BCUT2D eigenvalue weighted by Crippen LogP contribution is -2.54. The Labute approximate surface area is 180 Å². The van der Waals surface area contributed by atoms with E-state index in [9.17, 15) is 9.59 Å². The van der Waals surface area contributed by atoms with Gasteiger partial charge in [-0.3, -0.25) is 9.59 Å². The zero-order valence-electron chi connectivity index (χ0n) is 16.1. The van der Waals surface area contributed by atoms with Crippen LogP contribution in [0.1, 0.15) is 18.4 Å². The molecule has 0 unspecified atom stereocenters. The molecule has 2 saturated heterocycles. The van der Waals surface area contributed by atoms with Gasteiger partial charge in [-0.1, -0.05) is 47.5 Å². The van der Waals surface area contributed by atoms with E-state index >= 15 is 0 Å². The van der Waals surface area contributed by atoms with Crippen LogP contribution in [0.25, 0.3) is 0 Å². The molecular formula is C22H23Cl2N3O2. The van der Waals surface area contributed by atoms with Crippen molar-refractivity contribution in [2.24, 2.45) is 0 Å². The van der Waals surface area contributed by atoms with Crippen LogP contribution in [-0.4, -0.2) is 53.8 Å². The summed E-state index contributed by atoms with van der Waals surface area (Å²) in [5.74, 6) is 0.0504. The molecule has 2 aliphatic rings. The second-order valence-corrected chi connectivity index (χ2v) is 8.30. The molecule has 2 aromatic carbocycles. The molecule has 2 fully saturated rings. The van der Waals surface area contributed by atoms with E-state index in [0.717, 1.165) is 24.3 Å². The molecule has 0 saturated carbocycles. The fourth-order valence-electron chi connectivity index (χ4n) is 4.07. The fourth-order valence-corrected chi connectivity index (χ4v) is 4.45. The van der Waals surface area contributed by atoms with E-state index in [1.165, 1.54) is 0 Å². The summed E-state index contributed by atoms with van der Waals surface area (Å²) >= 11 is 12.4. The van der Waals surface area contributed by atoms with Crippen molar-refractivity contribution in [1.82, 2.24) is 9.80 Å². The standard InChI is InChI=1S/C22H23Cl2N3O2/c23-17-5-3-6-18(14-17)25-10-12-26(13-11-25)22(29)20-8-9-21(28)27(20)15-16-4-1-2-7-19(16)24/h1-7,14,20H,8-13,15H2/t20-/m1/s1. The van der Waals surface area contributed by atoms with E-state index in [1.807, 2.05) is 53.4 Å². The Kier molecular flexibility index (Phi) is 5.97. The van der Waals surface area contributed by atoms with Crippen molar-refractivity contribution in [2.75, 3.05) is 31.1 Å². The Morgan fingerprint density at radius 1 is 1.00 bits per heavy atom. The third-order valence-corrected chi connectivity index (χ3v) is 6.28. The van der Waals surface area contributed by atoms with Crippen molar-refractivity contribution in [3.05, 3.63) is 64.1 Å². The van der Waals surface area contributed by atoms with Crippen molar-refractivity contribution < 1.29 is 9.59 Å². The molecule has 0 spiro atoms. The summed E-state index contributed by atoms with van der Waals surface area (Å²) < 4.78 is 0. The molecule has 2 aromatic rings. The summed E-state index contributed by atoms with van der Waals surface area (Å²) in [4.78, 5) is 31.4. The quantitative estimate of drug-likeness (QED) is 0.738. The van der Waals surface area contributed by atoms with Crippen LogP contribution in [0.2, 0.25) is 10.0 Å². The number of amides is 2. The molecule has 0 aromatic heterocycles. The monoisotopic (exact) mass is 431 g/mol. The Morgan fingerprint density at radius 2 is 1.76 bits per heavy atom. The van der Waals surface area contributed by atoms with E-state index in [4.69, 9.17) is 23.2 Å². The van der Waals surface area contributed by atoms with Gasteiger partial charge in [-0.2, -0.15) is 0 Å². The lowest BCUT2D eigenvalue weighted by molar-refractivity contribution is -0.142. The molecule has 2 amide bonds. The highest BCUT2D eigenvalue weighted by atomic mass is 35.5. The van der Waals surface area contributed by atoms with Crippen LogP contribution in [0.3, 0.4) is 0 Å². The topological polar surface area (TPSA) is 43.9 Å². The van der Waals surface area contributed by atoms with Gasteiger partial charge in [-0.15, -0.1) is 0 Å². The Bertz CT molecular complexity index is 912. The highest BCUT2D eigenvalue weighted by Crippen LogP contribution is 2.27. The predicted molar refractivity (Wildman–Crippen MR) is 115 cm³/mol. The summed E-state index contributed by atoms with van der Waals surface area (Å²) in [6.45, 7) is 3.14. The molecular weight excluding hydrogens is 409 g/mol. The number of hydrogen-bond acceptors (Lipinski definition) is 3. The molecule has 1 atom stereocenters. The second kappa shape index (κ2) is 8.64. The third kappa shape index (κ3) is 4.36. The Balaban J connectivity index is 1.41. The number of halogens is 2. The number of likely N-dealkylation sites (tertiary alicyclic amines) is 1. The molecule has 2 heterocycles. The van der Waals surface area contributed by atoms with Crippen molar-refractivity contribution in [3.63, 3.8) is 0 Å². The predicted octanol–water partition coefficient (Wildman–Crippen LogP) is 3.83. The maximum atomic E-state index is 13.2. The number of benzene rings is 2. The first kappa shape index (κ1) is 20.0. The molecule has 4 rings (SSSR count). The normalized spacial score (nSPS) is 19.7. The zero-order valence-corrected chi connectivity index (χ0v) is 17.6. The lowest BCUT2D eigenvalue weighted by atomic mass is 10.1. The largest absolute Gasteiger partial charge is 0.368 e. The number of hydrogen-bond donors (Lipinski definition) is 0. The first-order valence-electron chi connectivity index (χ1n) is 9.85. The molecule has 2 aliphatic heterocycles. The highest BCUT2D eigenvalue weighted by molar-refractivity contribution is 6.31. The number of carbonyl (C=O) groups excluding carboxylic acids is 2. The number of nitrogens with zero attached hydrogens (tertiary/aromatic N) is 3. The fraction of sp³-hybridized carbons (Fsp3) is 0.364. The summed E-state index contributed by atoms with van der Waals surface area (Å²) in [7, 11) is 0. The van der Waals surface area contributed by atoms with Gasteiger partial charge in [-0.05, 0) is 36.2 Å². The molecule has 152 valence electrons. The molecule has 29 heavy (non-hydrogen) atoms. The summed E-state index contributed by atoms with van der Waals surface area (Å²) in [6, 6.07) is 14.8. The average molecular weight is 432 g/mol. The van der Waals surface area contributed by atoms with Crippen LogP contribution in [0.4, 0.5) is 5.69 Å². The summed E-state index contributed by atoms with van der Waals surface area (Å²) in [6.07, 6.45) is 0.972. The van der Waals surface area contributed by atoms with E-state index in [2.05, 4.69) is 4.90 Å². The minimum atomic E-state index is -0.406. The lowest BCUT2D eigenvalue weighted by Gasteiger charge is -2.38. The zero-order chi connectivity index (χ0) is 20.4.